The Hall–Kier alpha value is -2.04. The first-order chi connectivity index (χ1) is 13.7. The molecule has 0 unspecified atom stereocenters. The highest BCUT2D eigenvalue weighted by molar-refractivity contribution is 7.98. The number of benzene rings is 1. The van der Waals surface area contributed by atoms with Crippen LogP contribution in [0, 0.1) is 5.92 Å². The normalized spacial score (nSPS) is 12.6. The zero-order valence-corrected chi connectivity index (χ0v) is 18.7. The second-order valence-electron chi connectivity index (χ2n) is 7.08. The summed E-state index contributed by atoms with van der Waals surface area (Å²) in [6.07, 6.45) is 1.81. The zero-order chi connectivity index (χ0) is 21.4. The van der Waals surface area contributed by atoms with Crippen LogP contribution in [0.25, 0.3) is 0 Å². The second-order valence-corrected chi connectivity index (χ2v) is 9.82. The molecule has 2 aromatic rings. The molecule has 0 spiro atoms. The standard InChI is InChI=1S/C19H28N4O4S2/c1-13(2)9-15(11-24)20-17-10-18(22-19(21-17)23-29(4,25)26)28-12-14-5-7-16(27-3)8-6-14/h5-8,10,13,15,24H,9,11-12H2,1-4H3,(H2,20,21,22,23)/t15-/m1/s1. The van der Waals surface area contributed by atoms with E-state index in [0.29, 0.717) is 22.5 Å². The van der Waals surface area contributed by atoms with Crippen molar-refractivity contribution in [3.63, 3.8) is 0 Å². The third-order valence-corrected chi connectivity index (χ3v) is 5.39. The van der Waals surface area contributed by atoms with Gasteiger partial charge in [0.05, 0.1) is 26.0 Å². The van der Waals surface area contributed by atoms with E-state index in [1.54, 1.807) is 13.2 Å². The number of hydrogen-bond acceptors (Lipinski definition) is 8. The fourth-order valence-electron chi connectivity index (χ4n) is 2.62. The predicted molar refractivity (Wildman–Crippen MR) is 117 cm³/mol. The summed E-state index contributed by atoms with van der Waals surface area (Å²) in [5.41, 5.74) is 1.08. The van der Waals surface area contributed by atoms with Crippen LogP contribution in [-0.2, 0) is 15.8 Å². The van der Waals surface area contributed by atoms with Gasteiger partial charge in [-0.3, -0.25) is 4.72 Å². The number of nitrogens with zero attached hydrogens (tertiary/aromatic N) is 2. The van der Waals surface area contributed by atoms with Gasteiger partial charge in [-0.2, -0.15) is 4.98 Å². The van der Waals surface area contributed by atoms with Crippen LogP contribution in [0.3, 0.4) is 0 Å². The fourth-order valence-corrected chi connectivity index (χ4v) is 3.90. The lowest BCUT2D eigenvalue weighted by molar-refractivity contribution is 0.259. The molecule has 0 bridgehead atoms. The van der Waals surface area contributed by atoms with Crippen LogP contribution in [0.1, 0.15) is 25.8 Å². The molecular formula is C19H28N4O4S2. The number of rotatable bonds is 11. The summed E-state index contributed by atoms with van der Waals surface area (Å²) >= 11 is 1.46. The maximum atomic E-state index is 11.6. The topological polar surface area (TPSA) is 113 Å². The smallest absolute Gasteiger partial charge is 0.239 e. The van der Waals surface area contributed by atoms with Gasteiger partial charge in [0.1, 0.15) is 16.6 Å². The van der Waals surface area contributed by atoms with Crippen molar-refractivity contribution >= 4 is 33.6 Å². The minimum atomic E-state index is -3.51. The molecule has 8 nitrogen and oxygen atoms in total. The molecule has 0 saturated carbocycles. The molecule has 0 aliphatic rings. The fraction of sp³-hybridized carbons (Fsp3) is 0.474. The number of sulfonamides is 1. The molecule has 3 N–H and O–H groups in total. The number of ether oxygens (including phenoxy) is 1. The Kier molecular flexibility index (Phi) is 8.54. The van der Waals surface area contributed by atoms with E-state index in [0.717, 1.165) is 24.0 Å². The number of aliphatic hydroxyl groups excluding tert-OH is 1. The Labute approximate surface area is 176 Å². The first kappa shape index (κ1) is 23.2. The average molecular weight is 441 g/mol. The molecule has 1 aromatic heterocycles. The van der Waals surface area contributed by atoms with E-state index in [1.165, 1.54) is 11.8 Å². The van der Waals surface area contributed by atoms with Crippen molar-refractivity contribution in [2.45, 2.75) is 37.1 Å². The lowest BCUT2D eigenvalue weighted by atomic mass is 10.0. The van der Waals surface area contributed by atoms with E-state index in [-0.39, 0.29) is 18.6 Å². The van der Waals surface area contributed by atoms with Gasteiger partial charge in [0.2, 0.25) is 16.0 Å². The van der Waals surface area contributed by atoms with Gasteiger partial charge >= 0.3 is 0 Å². The quantitative estimate of drug-likeness (QED) is 0.361. The zero-order valence-electron chi connectivity index (χ0n) is 17.0. The Morgan fingerprint density at radius 3 is 2.45 bits per heavy atom. The molecule has 29 heavy (non-hydrogen) atoms. The SMILES string of the molecule is COc1ccc(CSc2cc(N[C@@H](CO)CC(C)C)nc(NS(C)(=O)=O)n2)cc1. The molecule has 1 atom stereocenters. The highest BCUT2D eigenvalue weighted by atomic mass is 32.2. The molecule has 1 heterocycles. The lowest BCUT2D eigenvalue weighted by Crippen LogP contribution is -2.26. The summed E-state index contributed by atoms with van der Waals surface area (Å²) < 4.78 is 30.7. The van der Waals surface area contributed by atoms with Crippen molar-refractivity contribution in [1.29, 1.82) is 0 Å². The van der Waals surface area contributed by atoms with Crippen LogP contribution in [0.4, 0.5) is 11.8 Å². The number of nitrogens with one attached hydrogen (secondary N) is 2. The van der Waals surface area contributed by atoms with Gasteiger partial charge in [0.25, 0.3) is 0 Å². The molecule has 10 heteroatoms. The van der Waals surface area contributed by atoms with Gasteiger partial charge in [-0.15, -0.1) is 11.8 Å². The number of aliphatic hydroxyl groups is 1. The van der Waals surface area contributed by atoms with E-state index in [9.17, 15) is 13.5 Å². The van der Waals surface area contributed by atoms with Gasteiger partial charge in [-0.25, -0.2) is 13.4 Å². The van der Waals surface area contributed by atoms with Crippen molar-refractivity contribution in [2.24, 2.45) is 5.92 Å². The van der Waals surface area contributed by atoms with Gasteiger partial charge in [-0.1, -0.05) is 26.0 Å². The van der Waals surface area contributed by atoms with E-state index >= 15 is 0 Å². The summed E-state index contributed by atoms with van der Waals surface area (Å²) in [6.45, 7) is 4.08. The summed E-state index contributed by atoms with van der Waals surface area (Å²) in [4.78, 5) is 8.53. The summed E-state index contributed by atoms with van der Waals surface area (Å²) in [5.74, 6) is 2.28. The number of thioether (sulfide) groups is 1. The number of hydrogen-bond donors (Lipinski definition) is 3. The van der Waals surface area contributed by atoms with E-state index in [4.69, 9.17) is 4.74 Å². The van der Waals surface area contributed by atoms with Crippen LogP contribution in [-0.4, -0.2) is 49.5 Å². The number of aromatic nitrogens is 2. The third kappa shape index (κ3) is 8.46. The van der Waals surface area contributed by atoms with E-state index < -0.39 is 10.0 Å². The Morgan fingerprint density at radius 2 is 1.90 bits per heavy atom. The van der Waals surface area contributed by atoms with Crippen LogP contribution in [0.2, 0.25) is 0 Å². The monoisotopic (exact) mass is 440 g/mol. The molecule has 0 radical (unpaired) electrons. The first-order valence-corrected chi connectivity index (χ1v) is 12.1. The molecule has 0 aliphatic carbocycles. The third-order valence-electron chi connectivity index (χ3n) is 3.85. The van der Waals surface area contributed by atoms with Gasteiger partial charge in [0.15, 0.2) is 0 Å². The van der Waals surface area contributed by atoms with Crippen LogP contribution < -0.4 is 14.8 Å². The highest BCUT2D eigenvalue weighted by Gasteiger charge is 2.14. The van der Waals surface area contributed by atoms with E-state index in [1.807, 2.05) is 24.3 Å². The predicted octanol–water partition coefficient (Wildman–Crippen LogP) is 2.97. The second kappa shape index (κ2) is 10.7. The Bertz CT molecular complexity index is 890. The summed E-state index contributed by atoms with van der Waals surface area (Å²) in [6, 6.07) is 9.27. The molecule has 0 fully saturated rings. The minimum absolute atomic E-state index is 0.00373. The van der Waals surface area contributed by atoms with Gasteiger partial charge < -0.3 is 15.2 Å². The van der Waals surface area contributed by atoms with E-state index in [2.05, 4.69) is 33.9 Å². The van der Waals surface area contributed by atoms with Crippen molar-refractivity contribution in [2.75, 3.05) is 30.0 Å². The van der Waals surface area contributed by atoms with Crippen molar-refractivity contribution in [3.8, 4) is 5.75 Å². The molecular weight excluding hydrogens is 412 g/mol. The van der Waals surface area contributed by atoms with Gasteiger partial charge in [-0.05, 0) is 30.0 Å². The summed E-state index contributed by atoms with van der Waals surface area (Å²) in [5, 5.41) is 13.4. The Morgan fingerprint density at radius 1 is 1.21 bits per heavy atom. The lowest BCUT2D eigenvalue weighted by Gasteiger charge is -2.19. The number of methoxy groups -OCH3 is 1. The molecule has 0 amide bonds. The van der Waals surface area contributed by atoms with Crippen molar-refractivity contribution in [1.82, 2.24) is 9.97 Å². The number of anilines is 2. The maximum absolute atomic E-state index is 11.6. The van der Waals surface area contributed by atoms with Crippen LogP contribution in [0.5, 0.6) is 5.75 Å². The van der Waals surface area contributed by atoms with Gasteiger partial charge in [0, 0.05) is 11.8 Å². The van der Waals surface area contributed by atoms with Crippen molar-refractivity contribution in [3.05, 3.63) is 35.9 Å². The largest absolute Gasteiger partial charge is 0.497 e. The highest BCUT2D eigenvalue weighted by Crippen LogP contribution is 2.26. The van der Waals surface area contributed by atoms with Crippen LogP contribution >= 0.6 is 11.8 Å². The van der Waals surface area contributed by atoms with Crippen LogP contribution in [0.15, 0.2) is 35.4 Å². The molecule has 0 saturated heterocycles. The molecule has 1 aromatic carbocycles. The molecule has 2 rings (SSSR count). The first-order valence-electron chi connectivity index (χ1n) is 9.18. The van der Waals surface area contributed by atoms with Crippen molar-refractivity contribution < 1.29 is 18.3 Å². The minimum Gasteiger partial charge on any atom is -0.497 e. The molecule has 160 valence electrons. The molecule has 0 aliphatic heterocycles. The summed E-state index contributed by atoms with van der Waals surface area (Å²) in [7, 11) is -1.89. The maximum Gasteiger partial charge on any atom is 0.239 e. The Balaban J connectivity index is 2.20. The average Bonchev–Trinajstić information content (AvgIpc) is 2.64.